The van der Waals surface area contributed by atoms with Crippen LogP contribution in [0.15, 0.2) is 0 Å². The lowest BCUT2D eigenvalue weighted by atomic mass is 10.0. The predicted molar refractivity (Wildman–Crippen MR) is 163 cm³/mol. The molecule has 0 aliphatic heterocycles. The van der Waals surface area contributed by atoms with Crippen LogP contribution in [0.4, 0.5) is 0 Å². The molecule has 0 bridgehead atoms. The van der Waals surface area contributed by atoms with E-state index in [1.54, 1.807) is 0 Å². The largest absolute Gasteiger partial charge is 0.376 e. The zero-order valence-corrected chi connectivity index (χ0v) is 26.2. The highest BCUT2D eigenvalue weighted by atomic mass is 17.2. The monoisotopic (exact) mass is 527 g/mol. The summed E-state index contributed by atoms with van der Waals surface area (Å²) in [5.74, 6) is 0. The van der Waals surface area contributed by atoms with E-state index in [-0.39, 0.29) is 6.10 Å². The molecule has 0 N–H and O–H groups in total. The first-order valence-electron chi connectivity index (χ1n) is 17.1. The Bertz CT molecular complexity index is 365. The molecular weight excluding hydrogens is 456 g/mol. The maximum atomic E-state index is 5.90. The Morgan fingerprint density at radius 2 is 0.703 bits per heavy atom. The van der Waals surface area contributed by atoms with Gasteiger partial charge >= 0.3 is 0 Å². The Balaban J connectivity index is 3.25. The molecule has 0 aliphatic carbocycles. The third kappa shape index (κ3) is 32.0. The Morgan fingerprint density at radius 3 is 1.08 bits per heavy atom. The van der Waals surface area contributed by atoms with Crippen LogP contribution < -0.4 is 0 Å². The zero-order chi connectivity index (χ0) is 27.1. The zero-order valence-electron chi connectivity index (χ0n) is 26.2. The molecule has 0 aromatic carbocycles. The van der Waals surface area contributed by atoms with Gasteiger partial charge in [-0.1, -0.05) is 168 Å². The van der Waals surface area contributed by atoms with Gasteiger partial charge in [-0.15, -0.1) is 0 Å². The summed E-state index contributed by atoms with van der Waals surface area (Å²) in [5.41, 5.74) is 0. The van der Waals surface area contributed by atoms with Crippen molar-refractivity contribution in [2.24, 2.45) is 0 Å². The Hall–Kier alpha value is -0.120. The van der Waals surface area contributed by atoms with E-state index >= 15 is 0 Å². The lowest BCUT2D eigenvalue weighted by Gasteiger charge is -2.14. The van der Waals surface area contributed by atoms with E-state index in [0.29, 0.717) is 19.3 Å². The highest BCUT2D eigenvalue weighted by molar-refractivity contribution is 4.54. The lowest BCUT2D eigenvalue weighted by molar-refractivity contribution is -0.326. The second-order valence-corrected chi connectivity index (χ2v) is 11.8. The number of hydrogen-bond donors (Lipinski definition) is 0. The van der Waals surface area contributed by atoms with Gasteiger partial charge in [-0.05, 0) is 26.7 Å². The lowest BCUT2D eigenvalue weighted by Crippen LogP contribution is -2.15. The Labute approximate surface area is 234 Å². The Kier molecular flexibility index (Phi) is 32.0. The van der Waals surface area contributed by atoms with Gasteiger partial charge in [0.2, 0.25) is 0 Å². The molecule has 0 aromatic rings. The molecule has 3 heteroatoms. The summed E-state index contributed by atoms with van der Waals surface area (Å²) in [6.07, 6.45) is 36.3. The van der Waals surface area contributed by atoms with Crippen molar-refractivity contribution in [3.63, 3.8) is 0 Å². The van der Waals surface area contributed by atoms with E-state index in [0.717, 1.165) is 12.8 Å². The smallest absolute Gasteiger partial charge is 0.106 e. The third-order valence-corrected chi connectivity index (χ3v) is 7.73. The van der Waals surface area contributed by atoms with E-state index in [9.17, 15) is 0 Å². The highest BCUT2D eigenvalue weighted by Gasteiger charge is 2.05. The van der Waals surface area contributed by atoms with Gasteiger partial charge in [0, 0.05) is 0 Å². The van der Waals surface area contributed by atoms with Gasteiger partial charge in [0.25, 0.3) is 0 Å². The van der Waals surface area contributed by atoms with Crippen molar-refractivity contribution in [2.45, 2.75) is 207 Å². The fourth-order valence-electron chi connectivity index (χ4n) is 5.12. The van der Waals surface area contributed by atoms with Crippen LogP contribution in [0.3, 0.4) is 0 Å². The van der Waals surface area contributed by atoms with Crippen molar-refractivity contribution in [3.8, 4) is 0 Å². The SMILES string of the molecule is CCCCCCCCCCCCCCC(C)OCCOOC(C)CCCCCCCCCCCCCC. The van der Waals surface area contributed by atoms with Gasteiger partial charge in [-0.25, -0.2) is 9.78 Å². The maximum absolute atomic E-state index is 5.90. The molecule has 0 amide bonds. The third-order valence-electron chi connectivity index (χ3n) is 7.73. The summed E-state index contributed by atoms with van der Waals surface area (Å²) >= 11 is 0. The number of hydrogen-bond acceptors (Lipinski definition) is 3. The van der Waals surface area contributed by atoms with Gasteiger partial charge in [0.05, 0.1) is 18.8 Å². The summed E-state index contributed by atoms with van der Waals surface area (Å²) in [5, 5.41) is 0. The van der Waals surface area contributed by atoms with Crippen molar-refractivity contribution in [2.75, 3.05) is 13.2 Å². The molecule has 2 atom stereocenters. The summed E-state index contributed by atoms with van der Waals surface area (Å²) in [4.78, 5) is 10.9. The molecule has 0 heterocycles. The average molecular weight is 527 g/mol. The number of rotatable bonds is 32. The van der Waals surface area contributed by atoms with Crippen LogP contribution in [0.5, 0.6) is 0 Å². The standard InChI is InChI=1S/C34H70O3/c1-5-7-9-11-13-15-17-19-21-23-25-27-29-33(3)35-31-32-36-37-34(4)30-28-26-24-22-20-18-16-14-12-10-8-6-2/h33-34H,5-32H2,1-4H3. The average Bonchev–Trinajstić information content (AvgIpc) is 2.89. The quantitative estimate of drug-likeness (QED) is 0.0495. The molecule has 0 saturated heterocycles. The second-order valence-electron chi connectivity index (χ2n) is 11.8. The summed E-state index contributed by atoms with van der Waals surface area (Å²) in [6, 6.07) is 0. The minimum Gasteiger partial charge on any atom is -0.376 e. The van der Waals surface area contributed by atoms with Crippen LogP contribution in [0.2, 0.25) is 0 Å². The molecule has 0 aromatic heterocycles. The summed E-state index contributed by atoms with van der Waals surface area (Å²) in [7, 11) is 0. The van der Waals surface area contributed by atoms with Gasteiger partial charge < -0.3 is 4.74 Å². The van der Waals surface area contributed by atoms with Gasteiger partial charge in [0.1, 0.15) is 6.61 Å². The van der Waals surface area contributed by atoms with Crippen molar-refractivity contribution in [1.82, 2.24) is 0 Å². The van der Waals surface area contributed by atoms with Crippen LogP contribution in [-0.4, -0.2) is 25.4 Å². The summed E-state index contributed by atoms with van der Waals surface area (Å²) in [6.45, 7) is 10.1. The predicted octanol–water partition coefficient (Wildman–Crippen LogP) is 11.9. The normalized spacial score (nSPS) is 13.3. The van der Waals surface area contributed by atoms with Crippen LogP contribution in [-0.2, 0) is 14.5 Å². The van der Waals surface area contributed by atoms with Crippen LogP contribution >= 0.6 is 0 Å². The fourth-order valence-corrected chi connectivity index (χ4v) is 5.12. The van der Waals surface area contributed by atoms with Crippen LogP contribution in [0, 0.1) is 0 Å². The molecule has 3 nitrogen and oxygen atoms in total. The van der Waals surface area contributed by atoms with E-state index in [1.807, 2.05) is 0 Å². The Morgan fingerprint density at radius 1 is 0.378 bits per heavy atom. The molecule has 37 heavy (non-hydrogen) atoms. The van der Waals surface area contributed by atoms with Crippen molar-refractivity contribution in [3.05, 3.63) is 0 Å². The van der Waals surface area contributed by atoms with Gasteiger partial charge in [-0.3, -0.25) is 0 Å². The first-order chi connectivity index (χ1) is 18.2. The van der Waals surface area contributed by atoms with E-state index in [2.05, 4.69) is 27.7 Å². The molecule has 0 fully saturated rings. The highest BCUT2D eigenvalue weighted by Crippen LogP contribution is 2.15. The second kappa shape index (κ2) is 32.1. The topological polar surface area (TPSA) is 27.7 Å². The van der Waals surface area contributed by atoms with Crippen molar-refractivity contribution < 1.29 is 14.5 Å². The molecular formula is C34H70O3. The van der Waals surface area contributed by atoms with E-state index in [4.69, 9.17) is 14.5 Å². The molecule has 0 aliphatic rings. The van der Waals surface area contributed by atoms with Crippen LogP contribution in [0.25, 0.3) is 0 Å². The number of unbranched alkanes of at least 4 members (excludes halogenated alkanes) is 22. The van der Waals surface area contributed by atoms with Gasteiger partial charge in [-0.2, -0.15) is 0 Å². The minimum absolute atomic E-state index is 0.182. The molecule has 0 rings (SSSR count). The fraction of sp³-hybridized carbons (Fsp3) is 1.00. The number of ether oxygens (including phenoxy) is 1. The maximum Gasteiger partial charge on any atom is 0.106 e. The van der Waals surface area contributed by atoms with Crippen molar-refractivity contribution in [1.29, 1.82) is 0 Å². The minimum atomic E-state index is 0.182. The molecule has 0 radical (unpaired) electrons. The first kappa shape index (κ1) is 36.9. The summed E-state index contributed by atoms with van der Waals surface area (Å²) < 4.78 is 5.90. The van der Waals surface area contributed by atoms with Crippen molar-refractivity contribution >= 4 is 0 Å². The van der Waals surface area contributed by atoms with E-state index in [1.165, 1.54) is 154 Å². The molecule has 0 saturated carbocycles. The molecule has 0 spiro atoms. The van der Waals surface area contributed by atoms with Gasteiger partial charge in [0.15, 0.2) is 0 Å². The van der Waals surface area contributed by atoms with Crippen LogP contribution in [0.1, 0.15) is 195 Å². The molecule has 224 valence electrons. The van der Waals surface area contributed by atoms with E-state index < -0.39 is 0 Å². The molecule has 2 unspecified atom stereocenters. The first-order valence-corrected chi connectivity index (χ1v) is 17.1.